The van der Waals surface area contributed by atoms with Gasteiger partial charge in [-0.2, -0.15) is 0 Å². The van der Waals surface area contributed by atoms with Crippen LogP contribution in [0.1, 0.15) is 6.42 Å². The van der Waals surface area contributed by atoms with E-state index in [-0.39, 0.29) is 0 Å². The van der Waals surface area contributed by atoms with Crippen molar-refractivity contribution < 1.29 is 14.2 Å². The molecule has 0 saturated carbocycles. The Hall–Kier alpha value is -0.150. The van der Waals surface area contributed by atoms with Crippen LogP contribution in [0.2, 0.25) is 0 Å². The van der Waals surface area contributed by atoms with E-state index in [1.54, 1.807) is 0 Å². The van der Waals surface area contributed by atoms with Crippen LogP contribution in [0.15, 0.2) is 0 Å². The number of ether oxygens (including phenoxy) is 1. The summed E-state index contributed by atoms with van der Waals surface area (Å²) in [5, 5.41) is 8.40. The second-order valence-corrected chi connectivity index (χ2v) is 1.57. The molecule has 0 amide bonds. The first-order chi connectivity index (χ1) is 3.30. The number of rotatable bonds is 0. The molecule has 0 aromatic heterocycles. The largest absolute Gasteiger partial charge is 0.366 e. The van der Waals surface area contributed by atoms with Crippen LogP contribution in [0.3, 0.4) is 0 Å². The molecule has 7 heavy (non-hydrogen) atoms. The fourth-order valence-corrected chi connectivity index (χ4v) is 0.548. The molecule has 42 valence electrons. The lowest BCUT2D eigenvalue weighted by Gasteiger charge is -1.99. The Labute approximate surface area is 40.9 Å². The molecule has 1 rings (SSSR count). The molecule has 0 aromatic carbocycles. The summed E-state index contributed by atoms with van der Waals surface area (Å²) in [4.78, 5) is 0. The van der Waals surface area contributed by atoms with Crippen molar-refractivity contribution in [3.63, 3.8) is 0 Å². The first-order valence-corrected chi connectivity index (χ1v) is 2.24. The zero-order chi connectivity index (χ0) is 5.28. The number of halogens is 1. The third kappa shape index (κ3) is 0.894. The van der Waals surface area contributed by atoms with Gasteiger partial charge in [-0.3, -0.25) is 0 Å². The molecule has 1 fully saturated rings. The monoisotopic (exact) mass is 106 g/mol. The van der Waals surface area contributed by atoms with Crippen molar-refractivity contribution in [2.24, 2.45) is 0 Å². The van der Waals surface area contributed by atoms with Crippen LogP contribution in [0.4, 0.5) is 4.39 Å². The van der Waals surface area contributed by atoms with E-state index >= 15 is 0 Å². The summed E-state index contributed by atoms with van der Waals surface area (Å²) in [6.07, 6.45) is -1.97. The van der Waals surface area contributed by atoms with Crippen LogP contribution in [-0.2, 0) is 4.74 Å². The fraction of sp³-hybridized carbons (Fsp3) is 1.00. The first kappa shape index (κ1) is 5.00. The van der Waals surface area contributed by atoms with Crippen LogP contribution in [-0.4, -0.2) is 24.2 Å². The van der Waals surface area contributed by atoms with E-state index in [1.165, 1.54) is 0 Å². The lowest BCUT2D eigenvalue weighted by atomic mass is 10.3. The first-order valence-electron chi connectivity index (χ1n) is 2.24. The Bertz CT molecular complexity index is 58.7. The van der Waals surface area contributed by atoms with Crippen LogP contribution < -0.4 is 0 Å². The maximum Gasteiger partial charge on any atom is 0.186 e. The third-order valence-electron chi connectivity index (χ3n) is 0.992. The van der Waals surface area contributed by atoms with Gasteiger partial charge in [-0.25, -0.2) is 4.39 Å². The van der Waals surface area contributed by atoms with Gasteiger partial charge < -0.3 is 9.84 Å². The van der Waals surface area contributed by atoms with Crippen LogP contribution in [0.25, 0.3) is 0 Å². The topological polar surface area (TPSA) is 29.5 Å². The zero-order valence-corrected chi connectivity index (χ0v) is 3.80. The Morgan fingerprint density at radius 1 is 1.71 bits per heavy atom. The lowest BCUT2D eigenvalue weighted by Crippen LogP contribution is -2.14. The number of hydrogen-bond acceptors (Lipinski definition) is 2. The van der Waals surface area contributed by atoms with E-state index in [1.807, 2.05) is 0 Å². The predicted octanol–water partition coefficient (Wildman–Crippen LogP) is 0.0632. The predicted molar refractivity (Wildman–Crippen MR) is 21.5 cm³/mol. The Kier molecular flexibility index (Phi) is 1.25. The summed E-state index contributed by atoms with van der Waals surface area (Å²) < 4.78 is 16.4. The minimum absolute atomic E-state index is 0.334. The van der Waals surface area contributed by atoms with Gasteiger partial charge in [-0.1, -0.05) is 0 Å². The van der Waals surface area contributed by atoms with Crippen molar-refractivity contribution in [3.05, 3.63) is 0 Å². The lowest BCUT2D eigenvalue weighted by molar-refractivity contribution is -0.0880. The van der Waals surface area contributed by atoms with Crippen LogP contribution >= 0.6 is 0 Å². The van der Waals surface area contributed by atoms with E-state index in [0.717, 1.165) is 0 Å². The molecule has 1 saturated heterocycles. The highest BCUT2D eigenvalue weighted by Gasteiger charge is 2.24. The molecule has 2 nitrogen and oxygen atoms in total. The summed E-state index contributed by atoms with van der Waals surface area (Å²) in [6.45, 7) is 0.350. The second-order valence-electron chi connectivity index (χ2n) is 1.57. The highest BCUT2D eigenvalue weighted by atomic mass is 19.1. The average Bonchev–Trinajstić information content (AvgIpc) is 1.91. The van der Waals surface area contributed by atoms with Crippen molar-refractivity contribution in [3.8, 4) is 0 Å². The molecule has 0 spiro atoms. The number of aliphatic hydroxyl groups excluding tert-OH is 1. The summed E-state index contributed by atoms with van der Waals surface area (Å²) >= 11 is 0. The SMILES string of the molecule is O[C@@H]1OCC[C@H]1F. The van der Waals surface area contributed by atoms with Gasteiger partial charge in [0.15, 0.2) is 12.5 Å². The molecule has 1 aliphatic heterocycles. The average molecular weight is 106 g/mol. The number of alkyl halides is 1. The van der Waals surface area contributed by atoms with Gasteiger partial charge in [0, 0.05) is 6.42 Å². The Morgan fingerprint density at radius 3 is 2.57 bits per heavy atom. The van der Waals surface area contributed by atoms with Gasteiger partial charge in [0.1, 0.15) is 0 Å². The van der Waals surface area contributed by atoms with Gasteiger partial charge in [0.25, 0.3) is 0 Å². The molecule has 0 aromatic rings. The van der Waals surface area contributed by atoms with E-state index in [9.17, 15) is 4.39 Å². The second kappa shape index (κ2) is 1.76. The Morgan fingerprint density at radius 2 is 2.43 bits per heavy atom. The smallest absolute Gasteiger partial charge is 0.186 e. The minimum atomic E-state index is -1.15. The molecule has 1 N–H and O–H groups in total. The number of hydrogen-bond donors (Lipinski definition) is 1. The van der Waals surface area contributed by atoms with Crippen molar-refractivity contribution >= 4 is 0 Å². The molecule has 0 bridgehead atoms. The van der Waals surface area contributed by atoms with Crippen molar-refractivity contribution in [2.75, 3.05) is 6.61 Å². The normalized spacial score (nSPS) is 42.0. The van der Waals surface area contributed by atoms with Crippen molar-refractivity contribution in [1.29, 1.82) is 0 Å². The van der Waals surface area contributed by atoms with Gasteiger partial charge in [-0.05, 0) is 0 Å². The molecule has 1 aliphatic rings. The molecular formula is C4H7FO2. The molecule has 0 aliphatic carbocycles. The van der Waals surface area contributed by atoms with E-state index in [2.05, 4.69) is 4.74 Å². The number of aliphatic hydroxyl groups is 1. The van der Waals surface area contributed by atoms with E-state index in [0.29, 0.717) is 13.0 Å². The summed E-state index contributed by atoms with van der Waals surface area (Å²) in [7, 11) is 0. The fourth-order valence-electron chi connectivity index (χ4n) is 0.548. The molecule has 3 heteroatoms. The quantitative estimate of drug-likeness (QED) is 0.473. The van der Waals surface area contributed by atoms with Crippen LogP contribution in [0, 0.1) is 0 Å². The van der Waals surface area contributed by atoms with Gasteiger partial charge in [0.2, 0.25) is 0 Å². The summed E-state index contributed by atoms with van der Waals surface area (Å²) in [6, 6.07) is 0. The highest BCUT2D eigenvalue weighted by molar-refractivity contribution is 4.64. The zero-order valence-electron chi connectivity index (χ0n) is 3.80. The molecule has 1 heterocycles. The van der Waals surface area contributed by atoms with Gasteiger partial charge >= 0.3 is 0 Å². The van der Waals surface area contributed by atoms with Crippen molar-refractivity contribution in [1.82, 2.24) is 0 Å². The molecule has 2 atom stereocenters. The van der Waals surface area contributed by atoms with Crippen molar-refractivity contribution in [2.45, 2.75) is 18.9 Å². The molecule has 0 radical (unpaired) electrons. The third-order valence-corrected chi connectivity index (χ3v) is 0.992. The van der Waals surface area contributed by atoms with E-state index in [4.69, 9.17) is 5.11 Å². The van der Waals surface area contributed by atoms with Gasteiger partial charge in [-0.15, -0.1) is 0 Å². The van der Waals surface area contributed by atoms with Crippen LogP contribution in [0.5, 0.6) is 0 Å². The summed E-state index contributed by atoms with van der Waals surface area (Å²) in [5.41, 5.74) is 0. The molecular weight excluding hydrogens is 99.0 g/mol. The van der Waals surface area contributed by atoms with E-state index < -0.39 is 12.5 Å². The maximum atomic E-state index is 11.9. The van der Waals surface area contributed by atoms with Gasteiger partial charge in [0.05, 0.1) is 6.61 Å². The maximum absolute atomic E-state index is 11.9. The molecule has 0 unspecified atom stereocenters. The Balaban J connectivity index is 2.33. The summed E-state index contributed by atoms with van der Waals surface area (Å²) in [5.74, 6) is 0. The standard InChI is InChI=1S/C4H7FO2/c5-3-1-2-7-4(3)6/h3-4,6H,1-2H2/t3-,4-/m1/s1. The highest BCUT2D eigenvalue weighted by Crippen LogP contribution is 2.13. The minimum Gasteiger partial charge on any atom is -0.366 e.